The Hall–Kier alpha value is -3.67. The summed E-state index contributed by atoms with van der Waals surface area (Å²) >= 11 is 0. The summed E-state index contributed by atoms with van der Waals surface area (Å²) in [5, 5.41) is 4.71. The second-order valence-electron chi connectivity index (χ2n) is 6.80. The Kier molecular flexibility index (Phi) is 6.24. The summed E-state index contributed by atoms with van der Waals surface area (Å²) in [4.78, 5) is 23.0. The molecule has 1 atom stereocenters. The summed E-state index contributed by atoms with van der Waals surface area (Å²) in [5.41, 5.74) is 9.87. The Morgan fingerprint density at radius 3 is 2.48 bits per heavy atom. The van der Waals surface area contributed by atoms with Crippen molar-refractivity contribution in [2.75, 3.05) is 0 Å². The number of carbonyl (C=O) groups excluding carboxylic acids is 2. The molecular weight excluding hydrogens is 366 g/mol. The first-order chi connectivity index (χ1) is 13.9. The minimum Gasteiger partial charge on any atom is -0.449 e. The number of hydrogen-bond donors (Lipinski definition) is 1. The molecule has 6 nitrogen and oxygen atoms in total. The predicted octanol–water partition coefficient (Wildman–Crippen LogP) is 3.34. The van der Waals surface area contributed by atoms with Crippen molar-refractivity contribution in [2.45, 2.75) is 26.5 Å². The number of esters is 1. The van der Waals surface area contributed by atoms with E-state index in [1.165, 1.54) is 13.0 Å². The van der Waals surface area contributed by atoms with Crippen LogP contribution < -0.4 is 5.73 Å². The Labute approximate surface area is 169 Å². The molecule has 2 N–H and O–H groups in total. The number of carbonyl (C=O) groups is 2. The number of nitrogens with two attached hydrogens (primary N) is 1. The summed E-state index contributed by atoms with van der Waals surface area (Å²) in [6.45, 7) is 4.06. The number of benzene rings is 2. The maximum atomic E-state index is 12.0. The van der Waals surface area contributed by atoms with Crippen molar-refractivity contribution >= 4 is 18.0 Å². The molecule has 3 aromatic rings. The molecule has 2 aromatic carbocycles. The lowest BCUT2D eigenvalue weighted by Gasteiger charge is -2.06. The van der Waals surface area contributed by atoms with Crippen molar-refractivity contribution in [3.63, 3.8) is 0 Å². The van der Waals surface area contributed by atoms with Crippen LogP contribution in [0.4, 0.5) is 0 Å². The zero-order chi connectivity index (χ0) is 20.8. The van der Waals surface area contributed by atoms with Crippen molar-refractivity contribution in [3.05, 3.63) is 83.6 Å². The molecule has 0 saturated carbocycles. The van der Waals surface area contributed by atoms with Gasteiger partial charge in [-0.3, -0.25) is 9.48 Å². The smallest absolute Gasteiger partial charge is 0.331 e. The third kappa shape index (κ3) is 5.42. The minimum atomic E-state index is -0.982. The fourth-order valence-corrected chi connectivity index (χ4v) is 2.78. The SMILES string of the molecule is Cc1ccc(-c2nn(Cc3ccccc3)cc2/C=C/C(=O)O[C@H](C)C(N)=O)cc1. The monoisotopic (exact) mass is 389 g/mol. The number of nitrogens with zero attached hydrogens (tertiary/aromatic N) is 2. The molecule has 0 radical (unpaired) electrons. The van der Waals surface area contributed by atoms with Gasteiger partial charge in [-0.05, 0) is 25.5 Å². The third-order valence-corrected chi connectivity index (χ3v) is 4.39. The van der Waals surface area contributed by atoms with Gasteiger partial charge in [-0.25, -0.2) is 4.79 Å². The number of primary amides is 1. The Bertz CT molecular complexity index is 1020. The lowest BCUT2D eigenvalue weighted by Crippen LogP contribution is -2.29. The van der Waals surface area contributed by atoms with E-state index in [1.54, 1.807) is 6.08 Å². The normalized spacial score (nSPS) is 12.1. The fourth-order valence-electron chi connectivity index (χ4n) is 2.78. The molecule has 0 aliphatic carbocycles. The molecule has 0 bridgehead atoms. The molecule has 1 heterocycles. The molecule has 0 aliphatic rings. The van der Waals surface area contributed by atoms with Crippen LogP contribution in [0.5, 0.6) is 0 Å². The molecule has 0 spiro atoms. The van der Waals surface area contributed by atoms with Crippen LogP contribution in [0.25, 0.3) is 17.3 Å². The molecule has 0 saturated heterocycles. The molecular formula is C23H23N3O3. The first-order valence-electron chi connectivity index (χ1n) is 9.29. The van der Waals surface area contributed by atoms with Crippen LogP contribution in [-0.4, -0.2) is 27.8 Å². The average Bonchev–Trinajstić information content (AvgIpc) is 3.10. The fraction of sp³-hybridized carbons (Fsp3) is 0.174. The third-order valence-electron chi connectivity index (χ3n) is 4.39. The van der Waals surface area contributed by atoms with E-state index in [-0.39, 0.29) is 0 Å². The van der Waals surface area contributed by atoms with Crippen LogP contribution in [0.15, 0.2) is 66.9 Å². The average molecular weight is 389 g/mol. The van der Waals surface area contributed by atoms with Gasteiger partial charge in [-0.1, -0.05) is 60.2 Å². The maximum absolute atomic E-state index is 12.0. The summed E-state index contributed by atoms with van der Waals surface area (Å²) in [6, 6.07) is 18.0. The van der Waals surface area contributed by atoms with Gasteiger partial charge < -0.3 is 10.5 Å². The number of rotatable bonds is 7. The number of hydrogen-bond acceptors (Lipinski definition) is 4. The van der Waals surface area contributed by atoms with Crippen LogP contribution in [0, 0.1) is 6.92 Å². The van der Waals surface area contributed by atoms with Gasteiger partial charge in [0.2, 0.25) is 0 Å². The van der Waals surface area contributed by atoms with E-state index in [4.69, 9.17) is 15.6 Å². The maximum Gasteiger partial charge on any atom is 0.331 e. The van der Waals surface area contributed by atoms with Crippen molar-refractivity contribution in [2.24, 2.45) is 5.73 Å². The van der Waals surface area contributed by atoms with Crippen LogP contribution in [-0.2, 0) is 20.9 Å². The molecule has 6 heteroatoms. The van der Waals surface area contributed by atoms with E-state index in [1.807, 2.05) is 72.4 Å². The van der Waals surface area contributed by atoms with E-state index in [0.29, 0.717) is 6.54 Å². The van der Waals surface area contributed by atoms with E-state index in [9.17, 15) is 9.59 Å². The summed E-state index contributed by atoms with van der Waals surface area (Å²) in [5.74, 6) is -1.33. The number of amides is 1. The first-order valence-corrected chi connectivity index (χ1v) is 9.29. The number of aromatic nitrogens is 2. The Morgan fingerprint density at radius 1 is 1.14 bits per heavy atom. The summed E-state index contributed by atoms with van der Waals surface area (Å²) in [6.07, 6.45) is 3.81. The van der Waals surface area contributed by atoms with Crippen molar-refractivity contribution < 1.29 is 14.3 Å². The van der Waals surface area contributed by atoms with Gasteiger partial charge in [-0.15, -0.1) is 0 Å². The zero-order valence-corrected chi connectivity index (χ0v) is 16.4. The Balaban J connectivity index is 1.89. The van der Waals surface area contributed by atoms with Gasteiger partial charge in [-0.2, -0.15) is 5.10 Å². The molecule has 0 aliphatic heterocycles. The quantitative estimate of drug-likeness (QED) is 0.496. The van der Waals surface area contributed by atoms with Gasteiger partial charge in [0, 0.05) is 23.4 Å². The van der Waals surface area contributed by atoms with Gasteiger partial charge in [0.15, 0.2) is 6.10 Å². The topological polar surface area (TPSA) is 87.2 Å². The molecule has 1 aromatic heterocycles. The standard InChI is InChI=1S/C23H23N3O3/c1-16-8-10-19(11-9-16)22-20(12-13-21(27)29-17(2)23(24)28)15-26(25-22)14-18-6-4-3-5-7-18/h3-13,15,17H,14H2,1-2H3,(H2,24,28)/b13-12+/t17-/m1/s1. The van der Waals surface area contributed by atoms with Crippen molar-refractivity contribution in [1.29, 1.82) is 0 Å². The van der Waals surface area contributed by atoms with Gasteiger partial charge in [0.1, 0.15) is 0 Å². The van der Waals surface area contributed by atoms with E-state index < -0.39 is 18.0 Å². The highest BCUT2D eigenvalue weighted by Crippen LogP contribution is 2.24. The van der Waals surface area contributed by atoms with E-state index >= 15 is 0 Å². The van der Waals surface area contributed by atoms with Gasteiger partial charge >= 0.3 is 5.97 Å². The molecule has 148 valence electrons. The molecule has 29 heavy (non-hydrogen) atoms. The van der Waals surface area contributed by atoms with Crippen LogP contribution in [0.1, 0.15) is 23.6 Å². The Morgan fingerprint density at radius 2 is 1.83 bits per heavy atom. The highest BCUT2D eigenvalue weighted by atomic mass is 16.5. The van der Waals surface area contributed by atoms with Crippen LogP contribution >= 0.6 is 0 Å². The highest BCUT2D eigenvalue weighted by molar-refractivity contribution is 5.91. The lowest BCUT2D eigenvalue weighted by molar-refractivity contribution is -0.148. The second-order valence-corrected chi connectivity index (χ2v) is 6.80. The first kappa shape index (κ1) is 20.1. The minimum absolute atomic E-state index is 0.608. The largest absolute Gasteiger partial charge is 0.449 e. The zero-order valence-electron chi connectivity index (χ0n) is 16.4. The summed E-state index contributed by atoms with van der Waals surface area (Å²) < 4.78 is 6.80. The molecule has 0 unspecified atom stereocenters. The van der Waals surface area contributed by atoms with E-state index in [0.717, 1.165) is 27.9 Å². The molecule has 1 amide bonds. The number of aryl methyl sites for hydroxylation is 1. The second kappa shape index (κ2) is 9.01. The van der Waals surface area contributed by atoms with Crippen molar-refractivity contribution in [3.8, 4) is 11.3 Å². The van der Waals surface area contributed by atoms with Crippen LogP contribution in [0.2, 0.25) is 0 Å². The van der Waals surface area contributed by atoms with Gasteiger partial charge in [0.25, 0.3) is 5.91 Å². The predicted molar refractivity (Wildman–Crippen MR) is 112 cm³/mol. The van der Waals surface area contributed by atoms with Gasteiger partial charge in [0.05, 0.1) is 12.2 Å². The molecule has 0 fully saturated rings. The van der Waals surface area contributed by atoms with Crippen LogP contribution in [0.3, 0.4) is 0 Å². The van der Waals surface area contributed by atoms with E-state index in [2.05, 4.69) is 0 Å². The number of ether oxygens (including phenoxy) is 1. The lowest BCUT2D eigenvalue weighted by atomic mass is 10.1. The summed E-state index contributed by atoms with van der Waals surface area (Å²) in [7, 11) is 0. The molecule has 3 rings (SSSR count). The highest BCUT2D eigenvalue weighted by Gasteiger charge is 2.14. The van der Waals surface area contributed by atoms with Crippen molar-refractivity contribution in [1.82, 2.24) is 9.78 Å².